The number of hydrogen-bond acceptors (Lipinski definition) is 3. The minimum absolute atomic E-state index is 0.267. The number of nitrogens with one attached hydrogen (secondary N) is 1. The normalized spacial score (nSPS) is 12.1. The van der Waals surface area contributed by atoms with Crippen LogP contribution in [0.25, 0.3) is 21.9 Å². The molecular weight excluding hydrogens is 326 g/mol. The fourth-order valence-electron chi connectivity index (χ4n) is 3.21. The Hall–Kier alpha value is -2.69. The number of carbonyl (C=O) groups is 1. The van der Waals surface area contributed by atoms with Gasteiger partial charge in [0.2, 0.25) is 5.91 Å². The molecule has 0 radical (unpaired) electrons. The summed E-state index contributed by atoms with van der Waals surface area (Å²) in [6.45, 7) is 0. The third-order valence-corrected chi connectivity index (χ3v) is 4.65. The number of rotatable bonds is 7. The van der Waals surface area contributed by atoms with Crippen molar-refractivity contribution in [1.82, 2.24) is 5.48 Å². The van der Waals surface area contributed by atoms with Crippen LogP contribution in [0.3, 0.4) is 0 Å². The van der Waals surface area contributed by atoms with Crippen LogP contribution in [0.5, 0.6) is 0 Å². The molecular formula is C22H23NO3. The predicted octanol–water partition coefficient (Wildman–Crippen LogP) is 4.61. The lowest BCUT2D eigenvalue weighted by atomic mass is 9.96. The molecule has 0 heterocycles. The number of amides is 1. The van der Waals surface area contributed by atoms with Gasteiger partial charge in [-0.25, -0.2) is 5.48 Å². The predicted molar refractivity (Wildman–Crippen MR) is 103 cm³/mol. The first-order chi connectivity index (χ1) is 12.7. The Kier molecular flexibility index (Phi) is 6.00. The fraction of sp³-hybridized carbons (Fsp3) is 0.227. The number of fused-ring (bicyclic) bond motifs is 1. The molecule has 0 saturated heterocycles. The Morgan fingerprint density at radius 2 is 1.65 bits per heavy atom. The number of carbonyl (C=O) groups excluding carboxylic acids is 1. The van der Waals surface area contributed by atoms with Gasteiger partial charge in [0.1, 0.15) is 0 Å². The Morgan fingerprint density at radius 1 is 0.923 bits per heavy atom. The van der Waals surface area contributed by atoms with E-state index in [2.05, 4.69) is 30.3 Å². The third kappa shape index (κ3) is 4.28. The van der Waals surface area contributed by atoms with Crippen molar-refractivity contribution in [1.29, 1.82) is 0 Å². The van der Waals surface area contributed by atoms with E-state index in [1.54, 1.807) is 5.48 Å². The van der Waals surface area contributed by atoms with Crippen molar-refractivity contribution in [2.45, 2.75) is 31.8 Å². The molecule has 0 aliphatic heterocycles. The molecule has 3 aromatic rings. The molecule has 1 unspecified atom stereocenters. The van der Waals surface area contributed by atoms with Crippen molar-refractivity contribution in [3.05, 3.63) is 72.3 Å². The zero-order valence-corrected chi connectivity index (χ0v) is 14.6. The average Bonchev–Trinajstić information content (AvgIpc) is 2.70. The van der Waals surface area contributed by atoms with Gasteiger partial charge in [0.05, 0.1) is 6.10 Å². The number of hydroxylamine groups is 1. The van der Waals surface area contributed by atoms with E-state index in [4.69, 9.17) is 5.21 Å². The zero-order valence-electron chi connectivity index (χ0n) is 14.6. The monoisotopic (exact) mass is 349 g/mol. The van der Waals surface area contributed by atoms with E-state index in [0.717, 1.165) is 17.5 Å². The van der Waals surface area contributed by atoms with Crippen molar-refractivity contribution >= 4 is 16.7 Å². The number of aliphatic hydroxyl groups is 1. The Labute approximate surface area is 153 Å². The van der Waals surface area contributed by atoms with Gasteiger partial charge in [-0.05, 0) is 40.3 Å². The maximum absolute atomic E-state index is 11.0. The minimum Gasteiger partial charge on any atom is -0.388 e. The van der Waals surface area contributed by atoms with Crippen LogP contribution >= 0.6 is 0 Å². The van der Waals surface area contributed by atoms with Gasteiger partial charge in [-0.15, -0.1) is 0 Å². The molecule has 0 saturated carbocycles. The molecule has 0 fully saturated rings. The smallest absolute Gasteiger partial charge is 0.243 e. The van der Waals surface area contributed by atoms with Crippen LogP contribution in [0, 0.1) is 0 Å². The second kappa shape index (κ2) is 8.61. The molecule has 134 valence electrons. The van der Waals surface area contributed by atoms with Crippen LogP contribution in [-0.4, -0.2) is 16.2 Å². The highest BCUT2D eigenvalue weighted by Gasteiger charge is 2.09. The van der Waals surface area contributed by atoms with E-state index in [-0.39, 0.29) is 12.3 Å². The first kappa shape index (κ1) is 18.1. The third-order valence-electron chi connectivity index (χ3n) is 4.65. The summed E-state index contributed by atoms with van der Waals surface area (Å²) in [6, 6.07) is 22.6. The maximum Gasteiger partial charge on any atom is 0.243 e. The second-order valence-electron chi connectivity index (χ2n) is 6.45. The Morgan fingerprint density at radius 3 is 2.42 bits per heavy atom. The van der Waals surface area contributed by atoms with Gasteiger partial charge in [0, 0.05) is 6.42 Å². The molecule has 3 N–H and O–H groups in total. The molecule has 0 aromatic heterocycles. The van der Waals surface area contributed by atoms with Gasteiger partial charge >= 0.3 is 0 Å². The first-order valence-electron chi connectivity index (χ1n) is 8.88. The molecule has 3 rings (SSSR count). The average molecular weight is 349 g/mol. The lowest BCUT2D eigenvalue weighted by molar-refractivity contribution is -0.129. The molecule has 0 bridgehead atoms. The van der Waals surface area contributed by atoms with Crippen LogP contribution in [0.2, 0.25) is 0 Å². The summed E-state index contributed by atoms with van der Waals surface area (Å²) < 4.78 is 0. The van der Waals surface area contributed by atoms with Gasteiger partial charge in [0.25, 0.3) is 0 Å². The summed E-state index contributed by atoms with van der Waals surface area (Å²) in [5.74, 6) is -0.390. The molecule has 0 spiro atoms. The Balaban J connectivity index is 1.67. The fourth-order valence-corrected chi connectivity index (χ4v) is 3.21. The van der Waals surface area contributed by atoms with E-state index < -0.39 is 6.10 Å². The Bertz CT molecular complexity index is 869. The summed E-state index contributed by atoms with van der Waals surface area (Å²) >= 11 is 0. The summed E-state index contributed by atoms with van der Waals surface area (Å²) in [4.78, 5) is 11.0. The van der Waals surface area contributed by atoms with Crippen LogP contribution in [0.15, 0.2) is 66.7 Å². The van der Waals surface area contributed by atoms with Gasteiger partial charge in [-0.2, -0.15) is 0 Å². The molecule has 4 heteroatoms. The van der Waals surface area contributed by atoms with Crippen LogP contribution in [0.1, 0.15) is 37.4 Å². The summed E-state index contributed by atoms with van der Waals surface area (Å²) in [5, 5.41) is 21.2. The lowest BCUT2D eigenvalue weighted by Gasteiger charge is -2.12. The van der Waals surface area contributed by atoms with Gasteiger partial charge in [-0.1, -0.05) is 73.2 Å². The number of aliphatic hydroxyl groups excluding tert-OH is 1. The lowest BCUT2D eigenvalue weighted by Crippen LogP contribution is -2.17. The highest BCUT2D eigenvalue weighted by Crippen LogP contribution is 2.30. The van der Waals surface area contributed by atoms with Crippen molar-refractivity contribution in [2.75, 3.05) is 0 Å². The molecule has 0 aliphatic carbocycles. The van der Waals surface area contributed by atoms with Gasteiger partial charge in [0.15, 0.2) is 0 Å². The quantitative estimate of drug-likeness (QED) is 0.331. The molecule has 1 atom stereocenters. The summed E-state index contributed by atoms with van der Waals surface area (Å²) in [5.41, 5.74) is 4.80. The second-order valence-corrected chi connectivity index (χ2v) is 6.45. The van der Waals surface area contributed by atoms with Crippen molar-refractivity contribution < 1.29 is 15.1 Å². The van der Waals surface area contributed by atoms with Gasteiger partial charge in [-0.3, -0.25) is 10.0 Å². The summed E-state index contributed by atoms with van der Waals surface area (Å²) in [6.07, 6.45) is 1.67. The van der Waals surface area contributed by atoms with Crippen LogP contribution < -0.4 is 5.48 Å². The van der Waals surface area contributed by atoms with Crippen molar-refractivity contribution in [2.24, 2.45) is 0 Å². The van der Waals surface area contributed by atoms with Crippen molar-refractivity contribution in [3.63, 3.8) is 0 Å². The maximum atomic E-state index is 11.0. The number of hydrogen-bond donors (Lipinski definition) is 3. The van der Waals surface area contributed by atoms with E-state index >= 15 is 0 Å². The standard InChI is InChI=1S/C22H23NO3/c24-21(10-3-4-11-22(25)23-26)18-14-12-17(13-15-18)20-9-5-7-16-6-1-2-8-19(16)20/h1-2,5-9,12-15,21,24,26H,3-4,10-11H2,(H,23,25). The minimum atomic E-state index is -0.547. The highest BCUT2D eigenvalue weighted by molar-refractivity contribution is 5.96. The summed E-state index contributed by atoms with van der Waals surface area (Å²) in [7, 11) is 0. The molecule has 4 nitrogen and oxygen atoms in total. The van der Waals surface area contributed by atoms with E-state index in [0.29, 0.717) is 12.8 Å². The van der Waals surface area contributed by atoms with Crippen molar-refractivity contribution in [3.8, 4) is 11.1 Å². The van der Waals surface area contributed by atoms with Crippen LogP contribution in [-0.2, 0) is 4.79 Å². The van der Waals surface area contributed by atoms with E-state index in [1.807, 2.05) is 36.4 Å². The molecule has 1 amide bonds. The SMILES string of the molecule is O=C(CCCCC(O)c1ccc(-c2cccc3ccccc23)cc1)NO. The van der Waals surface area contributed by atoms with Crippen LogP contribution in [0.4, 0.5) is 0 Å². The van der Waals surface area contributed by atoms with Gasteiger partial charge < -0.3 is 5.11 Å². The number of benzene rings is 3. The number of unbranched alkanes of at least 4 members (excludes halogenated alkanes) is 1. The molecule has 0 aliphatic rings. The highest BCUT2D eigenvalue weighted by atomic mass is 16.5. The first-order valence-corrected chi connectivity index (χ1v) is 8.88. The zero-order chi connectivity index (χ0) is 18.4. The molecule has 3 aromatic carbocycles. The molecule has 26 heavy (non-hydrogen) atoms. The topological polar surface area (TPSA) is 69.6 Å². The van der Waals surface area contributed by atoms with E-state index in [9.17, 15) is 9.90 Å². The van der Waals surface area contributed by atoms with E-state index in [1.165, 1.54) is 16.3 Å². The largest absolute Gasteiger partial charge is 0.388 e.